The Bertz CT molecular complexity index is 966. The summed E-state index contributed by atoms with van der Waals surface area (Å²) in [5, 5.41) is 8.73. The molecule has 0 amide bonds. The van der Waals surface area contributed by atoms with Crippen LogP contribution in [0.3, 0.4) is 0 Å². The van der Waals surface area contributed by atoms with Gasteiger partial charge in [-0.2, -0.15) is 0 Å². The van der Waals surface area contributed by atoms with Crippen molar-refractivity contribution in [1.82, 2.24) is 9.13 Å². The molecule has 1 aromatic heterocycles. The third-order valence-electron chi connectivity index (χ3n) is 4.91. The summed E-state index contributed by atoms with van der Waals surface area (Å²) < 4.78 is 4.26. The van der Waals surface area contributed by atoms with Gasteiger partial charge in [-0.15, -0.1) is 17.0 Å². The van der Waals surface area contributed by atoms with Gasteiger partial charge in [-0.1, -0.05) is 72.8 Å². The maximum absolute atomic E-state index is 8.73. The zero-order valence-electron chi connectivity index (χ0n) is 15.2. The first-order valence-corrected chi connectivity index (χ1v) is 9.13. The molecule has 27 heavy (non-hydrogen) atoms. The Morgan fingerprint density at radius 3 is 1.33 bits per heavy atom. The van der Waals surface area contributed by atoms with Gasteiger partial charge in [-0.25, -0.2) is 0 Å². The van der Waals surface area contributed by atoms with Gasteiger partial charge in [0.05, 0.1) is 11.0 Å². The van der Waals surface area contributed by atoms with Crippen molar-refractivity contribution in [3.63, 3.8) is 0 Å². The SMILES string of the molecule is Br.N=c1n(CCc2ccccc2)c2ccccc2n1CCc1ccccc1. The summed E-state index contributed by atoms with van der Waals surface area (Å²) in [6, 6.07) is 29.4. The molecule has 1 N–H and O–H groups in total. The van der Waals surface area contributed by atoms with Crippen molar-refractivity contribution in [3.05, 3.63) is 102 Å². The molecule has 0 aliphatic rings. The molecule has 0 saturated carbocycles. The van der Waals surface area contributed by atoms with Crippen molar-refractivity contribution in [2.75, 3.05) is 0 Å². The number of halogens is 1. The largest absolute Gasteiger partial charge is 0.310 e. The normalized spacial score (nSPS) is 10.7. The number of fused-ring (bicyclic) bond motifs is 1. The third-order valence-corrected chi connectivity index (χ3v) is 4.91. The molecular formula is C23H24BrN3. The minimum Gasteiger partial charge on any atom is -0.310 e. The molecule has 3 aromatic carbocycles. The second-order valence-electron chi connectivity index (χ2n) is 6.59. The van der Waals surface area contributed by atoms with E-state index in [9.17, 15) is 0 Å². The van der Waals surface area contributed by atoms with Crippen LogP contribution >= 0.6 is 17.0 Å². The van der Waals surface area contributed by atoms with Crippen molar-refractivity contribution < 1.29 is 0 Å². The average Bonchev–Trinajstić information content (AvgIpc) is 2.97. The monoisotopic (exact) mass is 421 g/mol. The zero-order chi connectivity index (χ0) is 17.8. The first-order valence-electron chi connectivity index (χ1n) is 9.13. The van der Waals surface area contributed by atoms with E-state index in [1.54, 1.807) is 0 Å². The predicted molar refractivity (Wildman–Crippen MR) is 116 cm³/mol. The van der Waals surface area contributed by atoms with Crippen LogP contribution in [0.4, 0.5) is 0 Å². The van der Waals surface area contributed by atoms with Gasteiger partial charge in [0.2, 0.25) is 5.62 Å². The maximum Gasteiger partial charge on any atom is 0.203 e. The van der Waals surface area contributed by atoms with Crippen LogP contribution in [0.15, 0.2) is 84.9 Å². The highest BCUT2D eigenvalue weighted by molar-refractivity contribution is 8.93. The minimum atomic E-state index is 0. The Hall–Kier alpha value is -2.59. The smallest absolute Gasteiger partial charge is 0.203 e. The van der Waals surface area contributed by atoms with Crippen LogP contribution in [0.25, 0.3) is 11.0 Å². The Morgan fingerprint density at radius 2 is 0.926 bits per heavy atom. The van der Waals surface area contributed by atoms with Crippen molar-refractivity contribution in [2.45, 2.75) is 25.9 Å². The number of nitrogens with one attached hydrogen (secondary N) is 1. The Kier molecular flexibility index (Phi) is 6.30. The minimum absolute atomic E-state index is 0. The molecule has 4 rings (SSSR count). The van der Waals surface area contributed by atoms with Crippen molar-refractivity contribution in [2.24, 2.45) is 0 Å². The standard InChI is InChI=1S/C23H23N3.BrH/c24-23-25(17-15-19-9-3-1-4-10-19)21-13-7-8-14-22(21)26(23)18-16-20-11-5-2-6-12-20;/h1-14,24H,15-18H2;1H. The van der Waals surface area contributed by atoms with E-state index >= 15 is 0 Å². The molecule has 0 aliphatic heterocycles. The van der Waals surface area contributed by atoms with Gasteiger partial charge in [-0.05, 0) is 36.1 Å². The van der Waals surface area contributed by atoms with E-state index in [-0.39, 0.29) is 17.0 Å². The number of imidazole rings is 1. The fourth-order valence-corrected chi connectivity index (χ4v) is 3.52. The molecular weight excluding hydrogens is 398 g/mol. The van der Waals surface area contributed by atoms with E-state index in [1.165, 1.54) is 11.1 Å². The molecule has 1 heterocycles. The Balaban J connectivity index is 0.00000210. The zero-order valence-corrected chi connectivity index (χ0v) is 16.9. The molecule has 0 fully saturated rings. The van der Waals surface area contributed by atoms with Gasteiger partial charge in [0.1, 0.15) is 0 Å². The molecule has 0 atom stereocenters. The second-order valence-corrected chi connectivity index (χ2v) is 6.59. The number of nitrogens with zero attached hydrogens (tertiary/aromatic N) is 2. The van der Waals surface area contributed by atoms with Gasteiger partial charge >= 0.3 is 0 Å². The number of benzene rings is 3. The van der Waals surface area contributed by atoms with Crippen molar-refractivity contribution in [3.8, 4) is 0 Å². The lowest BCUT2D eigenvalue weighted by molar-refractivity contribution is 0.595. The van der Waals surface area contributed by atoms with Gasteiger partial charge in [0, 0.05) is 13.1 Å². The molecule has 4 heteroatoms. The molecule has 0 spiro atoms. The summed E-state index contributed by atoms with van der Waals surface area (Å²) in [7, 11) is 0. The van der Waals surface area contributed by atoms with Crippen LogP contribution in [0.1, 0.15) is 11.1 Å². The number of aromatic nitrogens is 2. The first-order chi connectivity index (χ1) is 12.8. The molecule has 4 aromatic rings. The van der Waals surface area contributed by atoms with Crippen molar-refractivity contribution in [1.29, 1.82) is 5.41 Å². The first kappa shape index (κ1) is 19.2. The predicted octanol–water partition coefficient (Wildman–Crippen LogP) is 4.99. The Morgan fingerprint density at radius 1 is 0.556 bits per heavy atom. The lowest BCUT2D eigenvalue weighted by Gasteiger charge is -2.06. The van der Waals surface area contributed by atoms with E-state index < -0.39 is 0 Å². The van der Waals surface area contributed by atoms with E-state index in [0.717, 1.165) is 37.0 Å². The lowest BCUT2D eigenvalue weighted by atomic mass is 10.1. The number of rotatable bonds is 6. The summed E-state index contributed by atoms with van der Waals surface area (Å²) in [5.41, 5.74) is 5.47. The number of para-hydroxylation sites is 2. The Labute approximate surface area is 170 Å². The van der Waals surface area contributed by atoms with E-state index in [4.69, 9.17) is 5.41 Å². The number of aryl methyl sites for hydroxylation is 4. The molecule has 3 nitrogen and oxygen atoms in total. The number of hydrogen-bond acceptors (Lipinski definition) is 1. The van der Waals surface area contributed by atoms with E-state index in [0.29, 0.717) is 5.62 Å². The molecule has 0 radical (unpaired) electrons. The summed E-state index contributed by atoms with van der Waals surface area (Å²) in [6.45, 7) is 1.64. The third kappa shape index (κ3) is 4.22. The van der Waals surface area contributed by atoms with Gasteiger partial charge in [0.15, 0.2) is 0 Å². The van der Waals surface area contributed by atoms with Crippen LogP contribution in [-0.2, 0) is 25.9 Å². The average molecular weight is 422 g/mol. The van der Waals surface area contributed by atoms with Crippen LogP contribution in [0, 0.1) is 5.41 Å². The van der Waals surface area contributed by atoms with Crippen LogP contribution in [-0.4, -0.2) is 9.13 Å². The fourth-order valence-electron chi connectivity index (χ4n) is 3.52. The molecule has 138 valence electrons. The van der Waals surface area contributed by atoms with Gasteiger partial charge < -0.3 is 9.13 Å². The topological polar surface area (TPSA) is 33.7 Å². The molecule has 0 bridgehead atoms. The summed E-state index contributed by atoms with van der Waals surface area (Å²) in [6.07, 6.45) is 1.87. The summed E-state index contributed by atoms with van der Waals surface area (Å²) in [4.78, 5) is 0. The highest BCUT2D eigenvalue weighted by Crippen LogP contribution is 2.14. The highest BCUT2D eigenvalue weighted by Gasteiger charge is 2.10. The highest BCUT2D eigenvalue weighted by atomic mass is 79.9. The van der Waals surface area contributed by atoms with Gasteiger partial charge in [0.25, 0.3) is 0 Å². The second kappa shape index (κ2) is 8.87. The summed E-state index contributed by atoms with van der Waals surface area (Å²) in [5.74, 6) is 0. The molecule has 0 aliphatic carbocycles. The van der Waals surface area contributed by atoms with Crippen molar-refractivity contribution >= 4 is 28.0 Å². The summed E-state index contributed by atoms with van der Waals surface area (Å²) >= 11 is 0. The quantitative estimate of drug-likeness (QED) is 0.455. The molecule has 0 saturated heterocycles. The van der Waals surface area contributed by atoms with Crippen LogP contribution < -0.4 is 5.62 Å². The van der Waals surface area contributed by atoms with Gasteiger partial charge in [-0.3, -0.25) is 5.41 Å². The number of hydrogen-bond donors (Lipinski definition) is 1. The maximum atomic E-state index is 8.73. The van der Waals surface area contributed by atoms with E-state index in [2.05, 4.69) is 81.9 Å². The fraction of sp³-hybridized carbons (Fsp3) is 0.174. The van der Waals surface area contributed by atoms with Crippen LogP contribution in [0.5, 0.6) is 0 Å². The van der Waals surface area contributed by atoms with E-state index in [1.807, 2.05) is 12.1 Å². The van der Waals surface area contributed by atoms with Crippen LogP contribution in [0.2, 0.25) is 0 Å². The molecule has 0 unspecified atom stereocenters. The lowest BCUT2D eigenvalue weighted by Crippen LogP contribution is -2.26.